The third-order valence-electron chi connectivity index (χ3n) is 2.68. The molecule has 6 heteroatoms. The highest BCUT2D eigenvalue weighted by Crippen LogP contribution is 2.21. The molecule has 0 saturated heterocycles. The van der Waals surface area contributed by atoms with Gasteiger partial charge in [-0.3, -0.25) is 4.79 Å². The van der Waals surface area contributed by atoms with Crippen molar-refractivity contribution in [3.05, 3.63) is 46.2 Å². The number of rotatable bonds is 4. The lowest BCUT2D eigenvalue weighted by atomic mass is 10.1. The van der Waals surface area contributed by atoms with Crippen LogP contribution >= 0.6 is 15.9 Å². The van der Waals surface area contributed by atoms with Crippen molar-refractivity contribution in [3.63, 3.8) is 0 Å². The number of primary amides is 1. The van der Waals surface area contributed by atoms with E-state index in [2.05, 4.69) is 21.0 Å². The molecule has 2 aromatic rings. The maximum atomic E-state index is 11.1. The molecular weight excluding hydrogens is 308 g/mol. The molecule has 4 N–H and O–H groups in total. The van der Waals surface area contributed by atoms with Crippen LogP contribution in [0, 0.1) is 0 Å². The van der Waals surface area contributed by atoms with E-state index in [9.17, 15) is 4.79 Å². The fourth-order valence-electron chi connectivity index (χ4n) is 1.86. The van der Waals surface area contributed by atoms with Crippen LogP contribution in [0.5, 0.6) is 0 Å². The Hall–Kier alpha value is -1.66. The highest BCUT2D eigenvalue weighted by atomic mass is 79.9. The molecular formula is C13H15BrN4O. The lowest BCUT2D eigenvalue weighted by molar-refractivity contribution is 0.0995. The molecule has 1 heterocycles. The van der Waals surface area contributed by atoms with Gasteiger partial charge in [0.15, 0.2) is 0 Å². The fraction of sp³-hybridized carbons (Fsp3) is 0.231. The largest absolute Gasteiger partial charge is 0.364 e. The monoisotopic (exact) mass is 322 g/mol. The van der Waals surface area contributed by atoms with Crippen LogP contribution in [-0.2, 0) is 6.42 Å². The Kier molecular flexibility index (Phi) is 4.01. The molecule has 1 aromatic heterocycles. The van der Waals surface area contributed by atoms with E-state index in [0.29, 0.717) is 0 Å². The standard InChI is InChI=1S/C13H15BrN4O/c1-8(15)6-9-2-3-10(14)7-12(9)18-5-4-11(17-18)13(16)19/h2-5,7-8H,6,15H2,1H3,(H2,16,19). The first-order valence-electron chi connectivity index (χ1n) is 5.87. The topological polar surface area (TPSA) is 86.9 Å². The zero-order valence-corrected chi connectivity index (χ0v) is 12.1. The zero-order chi connectivity index (χ0) is 14.0. The number of carbonyl (C=O) groups excluding carboxylic acids is 1. The smallest absolute Gasteiger partial charge is 0.269 e. The molecule has 5 nitrogen and oxygen atoms in total. The lowest BCUT2D eigenvalue weighted by Crippen LogP contribution is -2.19. The summed E-state index contributed by atoms with van der Waals surface area (Å²) < 4.78 is 2.58. The van der Waals surface area contributed by atoms with Gasteiger partial charge in [-0.1, -0.05) is 22.0 Å². The number of hydrogen-bond acceptors (Lipinski definition) is 3. The molecule has 2 rings (SSSR count). The van der Waals surface area contributed by atoms with Crippen LogP contribution in [0.3, 0.4) is 0 Å². The predicted molar refractivity (Wildman–Crippen MR) is 77.1 cm³/mol. The van der Waals surface area contributed by atoms with Gasteiger partial charge in [-0.15, -0.1) is 0 Å². The zero-order valence-electron chi connectivity index (χ0n) is 10.5. The van der Waals surface area contributed by atoms with E-state index in [1.54, 1.807) is 16.9 Å². The van der Waals surface area contributed by atoms with Crippen LogP contribution in [-0.4, -0.2) is 21.7 Å². The van der Waals surface area contributed by atoms with Crippen molar-refractivity contribution >= 4 is 21.8 Å². The van der Waals surface area contributed by atoms with Gasteiger partial charge in [0.1, 0.15) is 5.69 Å². The van der Waals surface area contributed by atoms with Crippen LogP contribution < -0.4 is 11.5 Å². The van der Waals surface area contributed by atoms with E-state index in [1.165, 1.54) is 0 Å². The number of amides is 1. The van der Waals surface area contributed by atoms with E-state index in [4.69, 9.17) is 11.5 Å². The summed E-state index contributed by atoms with van der Waals surface area (Å²) in [5.74, 6) is -0.539. The Labute approximate surface area is 119 Å². The van der Waals surface area contributed by atoms with Gasteiger partial charge in [-0.05, 0) is 37.1 Å². The lowest BCUT2D eigenvalue weighted by Gasteiger charge is -2.12. The number of halogens is 1. The summed E-state index contributed by atoms with van der Waals surface area (Å²) in [6.45, 7) is 1.95. The minimum absolute atomic E-state index is 0.0473. The first-order valence-corrected chi connectivity index (χ1v) is 6.66. The van der Waals surface area contributed by atoms with Gasteiger partial charge < -0.3 is 11.5 Å². The van der Waals surface area contributed by atoms with Gasteiger partial charge in [0.2, 0.25) is 0 Å². The van der Waals surface area contributed by atoms with Crippen LogP contribution in [0.2, 0.25) is 0 Å². The first kappa shape index (κ1) is 13.8. The van der Waals surface area contributed by atoms with Crippen LogP contribution in [0.25, 0.3) is 5.69 Å². The third-order valence-corrected chi connectivity index (χ3v) is 3.17. The summed E-state index contributed by atoms with van der Waals surface area (Å²) in [6.07, 6.45) is 2.45. The number of nitrogens with two attached hydrogens (primary N) is 2. The van der Waals surface area contributed by atoms with E-state index in [-0.39, 0.29) is 11.7 Å². The molecule has 0 aliphatic carbocycles. The maximum absolute atomic E-state index is 11.1. The molecule has 1 unspecified atom stereocenters. The third kappa shape index (κ3) is 3.21. The fourth-order valence-corrected chi connectivity index (χ4v) is 2.21. The number of carbonyl (C=O) groups is 1. The molecule has 0 aliphatic rings. The molecule has 19 heavy (non-hydrogen) atoms. The molecule has 0 radical (unpaired) electrons. The van der Waals surface area contributed by atoms with Crippen molar-refractivity contribution in [2.24, 2.45) is 11.5 Å². The highest BCUT2D eigenvalue weighted by molar-refractivity contribution is 9.10. The molecule has 1 atom stereocenters. The van der Waals surface area contributed by atoms with E-state index in [0.717, 1.165) is 22.1 Å². The Morgan fingerprint density at radius 3 is 2.79 bits per heavy atom. The number of benzene rings is 1. The van der Waals surface area contributed by atoms with Crippen molar-refractivity contribution in [1.82, 2.24) is 9.78 Å². The SMILES string of the molecule is CC(N)Cc1ccc(Br)cc1-n1ccc(C(N)=O)n1. The van der Waals surface area contributed by atoms with Crippen molar-refractivity contribution < 1.29 is 4.79 Å². The van der Waals surface area contributed by atoms with Gasteiger partial charge in [0.25, 0.3) is 5.91 Å². The van der Waals surface area contributed by atoms with Gasteiger partial charge >= 0.3 is 0 Å². The highest BCUT2D eigenvalue weighted by Gasteiger charge is 2.11. The van der Waals surface area contributed by atoms with Crippen LogP contribution in [0.1, 0.15) is 23.0 Å². The molecule has 0 saturated carbocycles. The van der Waals surface area contributed by atoms with Crippen molar-refractivity contribution in [3.8, 4) is 5.69 Å². The summed E-state index contributed by atoms with van der Waals surface area (Å²) in [5.41, 5.74) is 13.3. The molecule has 1 aromatic carbocycles. The number of nitrogens with zero attached hydrogens (tertiary/aromatic N) is 2. The average molecular weight is 323 g/mol. The predicted octanol–water partition coefficient (Wildman–Crippen LogP) is 1.62. The van der Waals surface area contributed by atoms with Crippen molar-refractivity contribution in [2.75, 3.05) is 0 Å². The summed E-state index contributed by atoms with van der Waals surface area (Å²) >= 11 is 3.43. The Morgan fingerprint density at radius 2 is 2.21 bits per heavy atom. The van der Waals surface area contributed by atoms with Gasteiger partial charge in [0.05, 0.1) is 5.69 Å². The van der Waals surface area contributed by atoms with E-state index in [1.807, 2.05) is 25.1 Å². The first-order chi connectivity index (χ1) is 8.97. The van der Waals surface area contributed by atoms with Crippen molar-refractivity contribution in [1.29, 1.82) is 0 Å². The minimum atomic E-state index is -0.539. The Morgan fingerprint density at radius 1 is 1.47 bits per heavy atom. The van der Waals surface area contributed by atoms with Crippen LogP contribution in [0.15, 0.2) is 34.9 Å². The van der Waals surface area contributed by atoms with E-state index < -0.39 is 5.91 Å². The quantitative estimate of drug-likeness (QED) is 0.896. The second-order valence-electron chi connectivity index (χ2n) is 4.46. The number of hydrogen-bond donors (Lipinski definition) is 2. The Balaban J connectivity index is 2.46. The second kappa shape index (κ2) is 5.54. The normalized spacial score (nSPS) is 12.4. The van der Waals surface area contributed by atoms with Gasteiger partial charge in [-0.25, -0.2) is 4.68 Å². The molecule has 0 bridgehead atoms. The van der Waals surface area contributed by atoms with Crippen LogP contribution in [0.4, 0.5) is 0 Å². The van der Waals surface area contributed by atoms with Crippen molar-refractivity contribution in [2.45, 2.75) is 19.4 Å². The van der Waals surface area contributed by atoms with E-state index >= 15 is 0 Å². The van der Waals surface area contributed by atoms with Gasteiger partial charge in [-0.2, -0.15) is 5.10 Å². The van der Waals surface area contributed by atoms with Gasteiger partial charge in [0, 0.05) is 16.7 Å². The summed E-state index contributed by atoms with van der Waals surface area (Å²) in [6, 6.07) is 7.54. The molecule has 0 spiro atoms. The molecule has 1 amide bonds. The number of aromatic nitrogens is 2. The summed E-state index contributed by atoms with van der Waals surface area (Å²) in [7, 11) is 0. The average Bonchev–Trinajstić information content (AvgIpc) is 2.80. The molecule has 0 fully saturated rings. The summed E-state index contributed by atoms with van der Waals surface area (Å²) in [4.78, 5) is 11.1. The molecule has 100 valence electrons. The summed E-state index contributed by atoms with van der Waals surface area (Å²) in [5, 5.41) is 4.17. The second-order valence-corrected chi connectivity index (χ2v) is 5.38. The minimum Gasteiger partial charge on any atom is -0.364 e. The molecule has 0 aliphatic heterocycles. The maximum Gasteiger partial charge on any atom is 0.269 e. The Bertz CT molecular complexity index is 606.